The third kappa shape index (κ3) is 6.56. The van der Waals surface area contributed by atoms with Crippen LogP contribution in [0.2, 0.25) is 0 Å². The third-order valence-electron chi connectivity index (χ3n) is 5.26. The standard InChI is InChI=1S/C20H32N4O3S/c1-25-18-4-2-17(3-5-18)19(24-10-14-27-15-11-24)16-22-20(28)21-6-7-23-8-12-26-13-9-23/h2-5,19H,6-16H2,1H3,(H2,21,22,28). The molecule has 0 saturated carbocycles. The molecule has 0 radical (unpaired) electrons. The van der Waals surface area contributed by atoms with Crippen LogP contribution in [-0.4, -0.2) is 94.3 Å². The van der Waals surface area contributed by atoms with Crippen LogP contribution in [0.15, 0.2) is 24.3 Å². The van der Waals surface area contributed by atoms with Gasteiger partial charge in [-0.2, -0.15) is 0 Å². The molecule has 1 unspecified atom stereocenters. The SMILES string of the molecule is COc1ccc(C(CNC(=S)NCCN2CCOCC2)N2CCOCC2)cc1. The van der Waals surface area contributed by atoms with Gasteiger partial charge in [-0.1, -0.05) is 12.1 Å². The van der Waals surface area contributed by atoms with Crippen LogP contribution >= 0.6 is 12.2 Å². The van der Waals surface area contributed by atoms with Gasteiger partial charge in [0, 0.05) is 45.8 Å². The van der Waals surface area contributed by atoms with Gasteiger partial charge in [-0.15, -0.1) is 0 Å². The average molecular weight is 409 g/mol. The van der Waals surface area contributed by atoms with Crippen LogP contribution in [0.3, 0.4) is 0 Å². The lowest BCUT2D eigenvalue weighted by Gasteiger charge is -2.35. The quantitative estimate of drug-likeness (QED) is 0.615. The van der Waals surface area contributed by atoms with E-state index in [0.29, 0.717) is 5.11 Å². The van der Waals surface area contributed by atoms with Crippen molar-refractivity contribution >= 4 is 17.3 Å². The van der Waals surface area contributed by atoms with Crippen molar-refractivity contribution < 1.29 is 14.2 Å². The molecule has 2 aliphatic rings. The molecule has 1 atom stereocenters. The Bertz CT molecular complexity index is 590. The highest BCUT2D eigenvalue weighted by molar-refractivity contribution is 7.80. The van der Waals surface area contributed by atoms with Gasteiger partial charge in [0.1, 0.15) is 5.75 Å². The monoisotopic (exact) mass is 408 g/mol. The van der Waals surface area contributed by atoms with E-state index >= 15 is 0 Å². The van der Waals surface area contributed by atoms with Crippen molar-refractivity contribution in [1.29, 1.82) is 0 Å². The summed E-state index contributed by atoms with van der Waals surface area (Å²) in [5, 5.41) is 7.45. The highest BCUT2D eigenvalue weighted by Gasteiger charge is 2.23. The van der Waals surface area contributed by atoms with Crippen LogP contribution in [0.25, 0.3) is 0 Å². The summed E-state index contributed by atoms with van der Waals surface area (Å²) in [7, 11) is 1.69. The molecule has 156 valence electrons. The molecular formula is C20H32N4O3S. The van der Waals surface area contributed by atoms with E-state index in [1.807, 2.05) is 12.1 Å². The summed E-state index contributed by atoms with van der Waals surface area (Å²) in [6.07, 6.45) is 0. The molecule has 1 aromatic carbocycles. The summed E-state index contributed by atoms with van der Waals surface area (Å²) in [4.78, 5) is 4.85. The normalized spacial score (nSPS) is 19.8. The van der Waals surface area contributed by atoms with Gasteiger partial charge in [0.15, 0.2) is 5.11 Å². The van der Waals surface area contributed by atoms with Gasteiger partial charge in [-0.05, 0) is 29.9 Å². The minimum absolute atomic E-state index is 0.244. The zero-order valence-corrected chi connectivity index (χ0v) is 17.5. The Morgan fingerprint density at radius 1 is 1.04 bits per heavy atom. The lowest BCUT2D eigenvalue weighted by molar-refractivity contribution is 0.0170. The van der Waals surface area contributed by atoms with Crippen LogP contribution < -0.4 is 15.4 Å². The van der Waals surface area contributed by atoms with E-state index in [2.05, 4.69) is 32.6 Å². The summed E-state index contributed by atoms with van der Waals surface area (Å²) in [5.41, 5.74) is 1.26. The molecule has 0 spiro atoms. The lowest BCUT2D eigenvalue weighted by atomic mass is 10.0. The molecule has 0 bridgehead atoms. The lowest BCUT2D eigenvalue weighted by Crippen LogP contribution is -2.47. The summed E-state index contributed by atoms with van der Waals surface area (Å²) >= 11 is 5.50. The molecule has 1 aromatic rings. The first-order chi connectivity index (χ1) is 13.8. The average Bonchev–Trinajstić information content (AvgIpc) is 2.76. The summed E-state index contributed by atoms with van der Waals surface area (Å²) in [6.45, 7) is 9.63. The molecule has 0 aromatic heterocycles. The molecule has 0 aliphatic carbocycles. The van der Waals surface area contributed by atoms with Gasteiger partial charge < -0.3 is 24.8 Å². The van der Waals surface area contributed by atoms with Crippen LogP contribution in [0.1, 0.15) is 11.6 Å². The zero-order chi connectivity index (χ0) is 19.6. The maximum absolute atomic E-state index is 5.52. The van der Waals surface area contributed by atoms with E-state index in [0.717, 1.165) is 78.0 Å². The molecule has 7 nitrogen and oxygen atoms in total. The number of morpholine rings is 2. The molecule has 2 saturated heterocycles. The van der Waals surface area contributed by atoms with Gasteiger partial charge in [0.25, 0.3) is 0 Å². The number of hydrogen-bond donors (Lipinski definition) is 2. The maximum atomic E-state index is 5.52. The van der Waals surface area contributed by atoms with Crippen molar-refractivity contribution in [1.82, 2.24) is 20.4 Å². The number of benzene rings is 1. The van der Waals surface area contributed by atoms with Gasteiger partial charge >= 0.3 is 0 Å². The maximum Gasteiger partial charge on any atom is 0.166 e. The van der Waals surface area contributed by atoms with Crippen LogP contribution in [0, 0.1) is 0 Å². The number of thiocarbonyl (C=S) groups is 1. The van der Waals surface area contributed by atoms with E-state index in [-0.39, 0.29) is 6.04 Å². The van der Waals surface area contributed by atoms with E-state index in [1.165, 1.54) is 5.56 Å². The first kappa shape index (κ1) is 21.3. The Kier molecular flexibility index (Phi) is 8.75. The second kappa shape index (κ2) is 11.5. The van der Waals surface area contributed by atoms with Crippen LogP contribution in [-0.2, 0) is 9.47 Å². The van der Waals surface area contributed by atoms with E-state index in [1.54, 1.807) is 7.11 Å². The molecule has 8 heteroatoms. The van der Waals surface area contributed by atoms with Crippen molar-refractivity contribution in [3.63, 3.8) is 0 Å². The fourth-order valence-electron chi connectivity index (χ4n) is 3.58. The van der Waals surface area contributed by atoms with Gasteiger partial charge in [0.2, 0.25) is 0 Å². The number of nitrogens with zero attached hydrogens (tertiary/aromatic N) is 2. The number of nitrogens with one attached hydrogen (secondary N) is 2. The smallest absolute Gasteiger partial charge is 0.166 e. The van der Waals surface area contributed by atoms with Crippen molar-refractivity contribution in [2.24, 2.45) is 0 Å². The highest BCUT2D eigenvalue weighted by atomic mass is 32.1. The summed E-state index contributed by atoms with van der Waals surface area (Å²) in [5.74, 6) is 0.873. The second-order valence-electron chi connectivity index (χ2n) is 7.03. The molecule has 2 heterocycles. The zero-order valence-electron chi connectivity index (χ0n) is 16.7. The first-order valence-electron chi connectivity index (χ1n) is 10.0. The fraction of sp³-hybridized carbons (Fsp3) is 0.650. The topological polar surface area (TPSA) is 58.2 Å². The predicted octanol–water partition coefficient (Wildman–Crippen LogP) is 0.865. The highest BCUT2D eigenvalue weighted by Crippen LogP contribution is 2.23. The Morgan fingerprint density at radius 2 is 1.68 bits per heavy atom. The largest absolute Gasteiger partial charge is 0.497 e. The Balaban J connectivity index is 1.49. The van der Waals surface area contributed by atoms with Gasteiger partial charge in [-0.25, -0.2) is 0 Å². The minimum atomic E-state index is 0.244. The number of ether oxygens (including phenoxy) is 3. The summed E-state index contributed by atoms with van der Waals surface area (Å²) < 4.78 is 16.2. The minimum Gasteiger partial charge on any atom is -0.497 e. The molecule has 28 heavy (non-hydrogen) atoms. The van der Waals surface area contributed by atoms with E-state index in [4.69, 9.17) is 26.4 Å². The molecule has 0 amide bonds. The van der Waals surface area contributed by atoms with Crippen molar-refractivity contribution in [3.8, 4) is 5.75 Å². The van der Waals surface area contributed by atoms with Crippen LogP contribution in [0.4, 0.5) is 0 Å². The predicted molar refractivity (Wildman–Crippen MR) is 114 cm³/mol. The van der Waals surface area contributed by atoms with E-state index < -0.39 is 0 Å². The first-order valence-corrected chi connectivity index (χ1v) is 10.4. The second-order valence-corrected chi connectivity index (χ2v) is 7.44. The van der Waals surface area contributed by atoms with Crippen molar-refractivity contribution in [2.75, 3.05) is 79.4 Å². The van der Waals surface area contributed by atoms with Gasteiger partial charge in [0.05, 0.1) is 39.6 Å². The van der Waals surface area contributed by atoms with Gasteiger partial charge in [-0.3, -0.25) is 9.80 Å². The Morgan fingerprint density at radius 3 is 2.32 bits per heavy atom. The Hall–Kier alpha value is -1.45. The van der Waals surface area contributed by atoms with Crippen molar-refractivity contribution in [2.45, 2.75) is 6.04 Å². The number of rotatable bonds is 8. The van der Waals surface area contributed by atoms with E-state index in [9.17, 15) is 0 Å². The Labute approximate surface area is 173 Å². The molecule has 2 fully saturated rings. The van der Waals surface area contributed by atoms with Crippen LogP contribution in [0.5, 0.6) is 5.75 Å². The molecule has 2 N–H and O–H groups in total. The molecular weight excluding hydrogens is 376 g/mol. The fourth-order valence-corrected chi connectivity index (χ4v) is 3.76. The molecule has 3 rings (SSSR count). The summed E-state index contributed by atoms with van der Waals surface area (Å²) in [6, 6.07) is 8.54. The number of methoxy groups -OCH3 is 1. The third-order valence-corrected chi connectivity index (χ3v) is 5.55. The molecule has 2 aliphatic heterocycles. The van der Waals surface area contributed by atoms with Crippen molar-refractivity contribution in [3.05, 3.63) is 29.8 Å². The number of hydrogen-bond acceptors (Lipinski definition) is 6.